The van der Waals surface area contributed by atoms with Crippen LogP contribution in [0.3, 0.4) is 0 Å². The first kappa shape index (κ1) is 70.8. The predicted molar refractivity (Wildman–Crippen MR) is 329 cm³/mol. The third kappa shape index (κ3) is 59.6. The van der Waals surface area contributed by atoms with Crippen molar-refractivity contribution in [1.29, 1.82) is 0 Å². The van der Waals surface area contributed by atoms with E-state index in [9.17, 15) is 14.4 Å². The number of hydrogen-bond donors (Lipinski definition) is 0. The van der Waals surface area contributed by atoms with Crippen LogP contribution < -0.4 is 0 Å². The minimum Gasteiger partial charge on any atom is -0.462 e. The number of esters is 3. The number of ether oxygens (including phenoxy) is 3. The molecule has 0 saturated heterocycles. The molecule has 1 unspecified atom stereocenters. The van der Waals surface area contributed by atoms with Crippen LogP contribution in [-0.2, 0) is 28.6 Å². The molecule has 0 aromatic carbocycles. The molecule has 0 aliphatic heterocycles. The molecule has 0 heterocycles. The van der Waals surface area contributed by atoms with E-state index >= 15 is 0 Å². The summed E-state index contributed by atoms with van der Waals surface area (Å²) in [4.78, 5) is 37.9. The second-order valence-corrected chi connectivity index (χ2v) is 19.1. The molecule has 0 fully saturated rings. The van der Waals surface area contributed by atoms with Gasteiger partial charge in [0.2, 0.25) is 0 Å². The van der Waals surface area contributed by atoms with Gasteiger partial charge in [-0.15, -0.1) is 0 Å². The molecule has 76 heavy (non-hydrogen) atoms. The molecule has 0 rings (SSSR count). The number of carbonyl (C=O) groups excluding carboxylic acids is 3. The van der Waals surface area contributed by atoms with E-state index in [1.807, 2.05) is 0 Å². The molecule has 0 radical (unpaired) electrons. The Kier molecular flexibility index (Phi) is 58.0. The third-order valence-corrected chi connectivity index (χ3v) is 12.0. The summed E-state index contributed by atoms with van der Waals surface area (Å²) in [5.41, 5.74) is 0. The Balaban J connectivity index is 4.27. The summed E-state index contributed by atoms with van der Waals surface area (Å²) in [7, 11) is 0. The molecule has 0 aromatic heterocycles. The average molecular weight is 1050 g/mol. The van der Waals surface area contributed by atoms with Gasteiger partial charge < -0.3 is 14.2 Å². The number of carbonyl (C=O) groups is 3. The van der Waals surface area contributed by atoms with E-state index in [0.717, 1.165) is 154 Å². The second kappa shape index (κ2) is 62.3. The summed E-state index contributed by atoms with van der Waals surface area (Å²) >= 11 is 0. The van der Waals surface area contributed by atoms with Gasteiger partial charge in [-0.1, -0.05) is 249 Å². The summed E-state index contributed by atoms with van der Waals surface area (Å²) < 4.78 is 16.7. The van der Waals surface area contributed by atoms with Gasteiger partial charge in [0.05, 0.1) is 0 Å². The Morgan fingerprint density at radius 1 is 0.276 bits per heavy atom. The van der Waals surface area contributed by atoms with Crippen molar-refractivity contribution in [2.45, 2.75) is 239 Å². The first-order valence-corrected chi connectivity index (χ1v) is 30.1. The fourth-order valence-electron chi connectivity index (χ4n) is 7.52. The van der Waals surface area contributed by atoms with Crippen molar-refractivity contribution >= 4 is 17.9 Å². The first-order valence-electron chi connectivity index (χ1n) is 30.1. The second-order valence-electron chi connectivity index (χ2n) is 19.1. The van der Waals surface area contributed by atoms with E-state index in [4.69, 9.17) is 14.2 Å². The van der Waals surface area contributed by atoms with Crippen molar-refractivity contribution in [3.63, 3.8) is 0 Å². The summed E-state index contributed by atoms with van der Waals surface area (Å²) in [6, 6.07) is 0. The van der Waals surface area contributed by atoms with Crippen molar-refractivity contribution in [1.82, 2.24) is 0 Å². The van der Waals surface area contributed by atoms with Crippen LogP contribution in [0.4, 0.5) is 0 Å². The average Bonchev–Trinajstić information content (AvgIpc) is 3.42. The van der Waals surface area contributed by atoms with Gasteiger partial charge in [0.15, 0.2) is 6.10 Å². The molecule has 0 aromatic rings. The highest BCUT2D eigenvalue weighted by atomic mass is 16.6. The molecule has 6 heteroatoms. The first-order chi connectivity index (χ1) is 37.5. The van der Waals surface area contributed by atoms with E-state index in [2.05, 4.69) is 191 Å². The summed E-state index contributed by atoms with van der Waals surface area (Å²) in [5, 5.41) is 0. The molecule has 0 amide bonds. The van der Waals surface area contributed by atoms with Crippen LogP contribution in [0.1, 0.15) is 233 Å². The highest BCUT2D eigenvalue weighted by Crippen LogP contribution is 2.13. The Labute approximate surface area is 466 Å². The normalized spacial score (nSPS) is 13.4. The van der Waals surface area contributed by atoms with Gasteiger partial charge in [0, 0.05) is 19.3 Å². The van der Waals surface area contributed by atoms with Gasteiger partial charge >= 0.3 is 17.9 Å². The lowest BCUT2D eigenvalue weighted by molar-refractivity contribution is -0.167. The monoisotopic (exact) mass is 1040 g/mol. The number of unbranched alkanes of at least 4 members (excludes halogenated alkanes) is 13. The maximum atomic E-state index is 12.8. The van der Waals surface area contributed by atoms with Crippen LogP contribution in [0.25, 0.3) is 0 Å². The van der Waals surface area contributed by atoms with Gasteiger partial charge in [0.25, 0.3) is 0 Å². The Hall–Kier alpha value is -5.23. The third-order valence-electron chi connectivity index (χ3n) is 12.0. The molecule has 0 aliphatic carbocycles. The molecule has 0 saturated carbocycles. The number of hydrogen-bond acceptors (Lipinski definition) is 6. The van der Waals surface area contributed by atoms with Crippen molar-refractivity contribution in [3.05, 3.63) is 170 Å². The molecule has 1 atom stereocenters. The van der Waals surface area contributed by atoms with Crippen LogP contribution in [0.5, 0.6) is 0 Å². The minimum absolute atomic E-state index is 0.108. The Bertz CT molecular complexity index is 1770. The SMILES string of the molecule is CC/C=C\C/C=C\C/C=C\C/C=C\C/C=C\C/C=C\C/C=C\C/C=C\CCCCCCCCC(=O)OCC(COC(=O)CCCCCCCC)OC(=O)CCCC/C=C\C/C=C\C/C=C\C/C=C\C/C=C\C/C=C\CC. The van der Waals surface area contributed by atoms with Gasteiger partial charge in [0.1, 0.15) is 13.2 Å². The zero-order chi connectivity index (χ0) is 55.0. The highest BCUT2D eigenvalue weighted by Gasteiger charge is 2.19. The summed E-state index contributed by atoms with van der Waals surface area (Å²) in [5.74, 6) is -0.987. The van der Waals surface area contributed by atoms with Crippen LogP contribution in [0.15, 0.2) is 170 Å². The van der Waals surface area contributed by atoms with Gasteiger partial charge in [-0.2, -0.15) is 0 Å². The van der Waals surface area contributed by atoms with Gasteiger partial charge in [-0.3, -0.25) is 14.4 Å². The van der Waals surface area contributed by atoms with E-state index in [0.29, 0.717) is 19.3 Å². The zero-order valence-electron chi connectivity index (χ0n) is 48.4. The Morgan fingerprint density at radius 2 is 0.513 bits per heavy atom. The lowest BCUT2D eigenvalue weighted by Gasteiger charge is -2.18. The van der Waals surface area contributed by atoms with Crippen molar-refractivity contribution in [2.24, 2.45) is 0 Å². The number of allylic oxidation sites excluding steroid dienone is 28. The standard InChI is InChI=1S/C70H108O6/c1-4-7-10-13-16-18-20-22-24-26-28-30-31-32-33-34-35-36-37-38-39-41-42-44-46-48-50-52-54-57-60-63-69(72)75-66-67(65-74-68(71)62-59-56-15-12-9-6-3)76-70(73)64-61-58-55-53-51-49-47-45-43-40-29-27-25-23-21-19-17-14-11-8-5-2/h7-8,10-11,16-19,22-25,28-30,32-33,35-36,38-40,42,44-45,47,51,53,67H,4-6,9,12-15,20-21,26-27,31,34,37,41,43,46,48-50,52,54-66H2,1-3H3/b10-7-,11-8-,18-16-,19-17-,24-22-,25-23-,30-28-,33-32-,36-35-,39-38-,40-29-,44-42-,47-45-,53-51-. The highest BCUT2D eigenvalue weighted by molar-refractivity contribution is 5.71. The molecule has 0 spiro atoms. The lowest BCUT2D eigenvalue weighted by Crippen LogP contribution is -2.30. The van der Waals surface area contributed by atoms with Crippen molar-refractivity contribution < 1.29 is 28.6 Å². The van der Waals surface area contributed by atoms with Crippen molar-refractivity contribution in [3.8, 4) is 0 Å². The molecule has 6 nitrogen and oxygen atoms in total. The van der Waals surface area contributed by atoms with Crippen molar-refractivity contribution in [2.75, 3.05) is 13.2 Å². The summed E-state index contributed by atoms with van der Waals surface area (Å²) in [6.07, 6.45) is 92.4. The van der Waals surface area contributed by atoms with Crippen LogP contribution >= 0.6 is 0 Å². The van der Waals surface area contributed by atoms with E-state index in [1.54, 1.807) is 0 Å². The van der Waals surface area contributed by atoms with Gasteiger partial charge in [-0.05, 0) is 135 Å². The topological polar surface area (TPSA) is 78.9 Å². The molecular formula is C70H108O6. The molecular weight excluding hydrogens is 937 g/mol. The van der Waals surface area contributed by atoms with Crippen LogP contribution in [-0.4, -0.2) is 37.2 Å². The fourth-order valence-corrected chi connectivity index (χ4v) is 7.52. The van der Waals surface area contributed by atoms with Crippen LogP contribution in [0.2, 0.25) is 0 Å². The van der Waals surface area contributed by atoms with E-state index in [-0.39, 0.29) is 37.5 Å². The molecule has 424 valence electrons. The number of rotatable bonds is 52. The minimum atomic E-state index is -0.813. The zero-order valence-corrected chi connectivity index (χ0v) is 48.4. The molecule has 0 bridgehead atoms. The maximum Gasteiger partial charge on any atom is 0.306 e. The predicted octanol–water partition coefficient (Wildman–Crippen LogP) is 20.7. The lowest BCUT2D eigenvalue weighted by atomic mass is 10.1. The quantitative estimate of drug-likeness (QED) is 0.0261. The van der Waals surface area contributed by atoms with E-state index in [1.165, 1.54) is 32.1 Å². The molecule has 0 aliphatic rings. The summed E-state index contributed by atoms with van der Waals surface area (Å²) in [6.45, 7) is 6.28. The maximum absolute atomic E-state index is 12.8. The smallest absolute Gasteiger partial charge is 0.306 e. The van der Waals surface area contributed by atoms with E-state index < -0.39 is 6.10 Å². The largest absolute Gasteiger partial charge is 0.462 e. The molecule has 0 N–H and O–H groups in total. The Morgan fingerprint density at radius 3 is 0.829 bits per heavy atom. The van der Waals surface area contributed by atoms with Gasteiger partial charge in [-0.25, -0.2) is 0 Å². The fraction of sp³-hybridized carbons (Fsp3) is 0.557. The van der Waals surface area contributed by atoms with Crippen LogP contribution in [0, 0.1) is 0 Å².